The number of halogens is 2. The van der Waals surface area contributed by atoms with Crippen molar-refractivity contribution >= 4 is 27.2 Å². The van der Waals surface area contributed by atoms with E-state index in [4.69, 9.17) is 9.88 Å². The van der Waals surface area contributed by atoms with Gasteiger partial charge in [-0.15, -0.1) is 24.5 Å². The van der Waals surface area contributed by atoms with Crippen LogP contribution in [0.25, 0.3) is 0 Å². The van der Waals surface area contributed by atoms with Crippen molar-refractivity contribution in [2.45, 2.75) is 75.9 Å². The number of aliphatic hydroxyl groups is 1. The van der Waals surface area contributed by atoms with Crippen molar-refractivity contribution in [3.05, 3.63) is 34.0 Å². The number of thiazole rings is 1. The van der Waals surface area contributed by atoms with Crippen LogP contribution in [0, 0.1) is 0 Å². The molecule has 1 aromatic carbocycles. The molecule has 2 heterocycles. The summed E-state index contributed by atoms with van der Waals surface area (Å²) >= 11 is 0.900. The van der Waals surface area contributed by atoms with Gasteiger partial charge in [0.2, 0.25) is 0 Å². The molecule has 182 valence electrons. The molecule has 0 unspecified atom stereocenters. The van der Waals surface area contributed by atoms with Crippen LogP contribution in [0.3, 0.4) is 0 Å². The number of fused-ring (bicyclic) bond motifs is 1. The summed E-state index contributed by atoms with van der Waals surface area (Å²) in [5, 5.41) is 16.2. The third-order valence-electron chi connectivity index (χ3n) is 4.94. The van der Waals surface area contributed by atoms with Crippen LogP contribution in [0.15, 0.2) is 20.8 Å². The predicted octanol–water partition coefficient (Wildman–Crippen LogP) is 4.41. The molecule has 0 fully saturated rings. The van der Waals surface area contributed by atoms with Crippen molar-refractivity contribution in [3.8, 4) is 11.5 Å². The Balaban J connectivity index is 2.05. The Morgan fingerprint density at radius 1 is 1.30 bits per heavy atom. The maximum atomic E-state index is 13.8. The number of rotatable bonds is 6. The standard InChI is InChI=1S/C21H27F2N3O5S2/c1-10(2)12-7-14-18(31-21(22,23)30-14)17(11(3)4)13(12)8-15(27)26-33(24,29)16-9-25-19(32-16)20(5,6)28/h7,9-11,28H,8H2,1-6H3,(H2,24,26,27,29)/t33-/m1/s1. The smallest absolute Gasteiger partial charge is 0.395 e. The molecule has 3 N–H and O–H groups in total. The molecule has 0 bridgehead atoms. The Morgan fingerprint density at radius 3 is 2.45 bits per heavy atom. The second kappa shape index (κ2) is 8.57. The lowest BCUT2D eigenvalue weighted by atomic mass is 9.86. The average Bonchev–Trinajstić information content (AvgIpc) is 3.23. The second-order valence-electron chi connectivity index (χ2n) is 8.94. The van der Waals surface area contributed by atoms with Crippen molar-refractivity contribution in [1.29, 1.82) is 0 Å². The van der Waals surface area contributed by atoms with E-state index in [1.807, 2.05) is 13.8 Å². The third kappa shape index (κ3) is 5.34. The Hall–Kier alpha value is -2.15. The topological polar surface area (TPSA) is 124 Å². The number of aromatic nitrogens is 1. The van der Waals surface area contributed by atoms with Gasteiger partial charge >= 0.3 is 6.29 Å². The summed E-state index contributed by atoms with van der Waals surface area (Å²) in [7, 11) is -3.62. The first-order valence-electron chi connectivity index (χ1n) is 10.2. The first-order valence-corrected chi connectivity index (χ1v) is 12.6. The number of carbonyl (C=O) groups excluding carboxylic acids is 1. The highest BCUT2D eigenvalue weighted by atomic mass is 32.2. The number of benzene rings is 1. The van der Waals surface area contributed by atoms with E-state index in [1.165, 1.54) is 26.1 Å². The molecule has 33 heavy (non-hydrogen) atoms. The molecule has 1 atom stereocenters. The van der Waals surface area contributed by atoms with Crippen LogP contribution in [0.2, 0.25) is 0 Å². The summed E-state index contributed by atoms with van der Waals surface area (Å²) < 4.78 is 53.7. The van der Waals surface area contributed by atoms with Gasteiger partial charge in [0.05, 0.1) is 12.6 Å². The summed E-state index contributed by atoms with van der Waals surface area (Å²) in [5.41, 5.74) is 0.218. The van der Waals surface area contributed by atoms with E-state index in [0.29, 0.717) is 16.7 Å². The number of ether oxygens (including phenoxy) is 2. The third-order valence-corrected chi connectivity index (χ3v) is 8.17. The van der Waals surface area contributed by atoms with E-state index in [1.54, 1.807) is 13.8 Å². The zero-order chi connectivity index (χ0) is 24.9. The molecular formula is C21H27F2N3O5S2. The molecule has 0 radical (unpaired) electrons. The van der Waals surface area contributed by atoms with Gasteiger partial charge in [-0.05, 0) is 42.9 Å². The van der Waals surface area contributed by atoms with Crippen LogP contribution >= 0.6 is 11.3 Å². The van der Waals surface area contributed by atoms with Gasteiger partial charge in [0.1, 0.15) is 14.8 Å². The Morgan fingerprint density at radius 2 is 1.94 bits per heavy atom. The molecule has 2 aromatic rings. The highest BCUT2D eigenvalue weighted by Gasteiger charge is 2.46. The Kier molecular flexibility index (Phi) is 6.61. The van der Waals surface area contributed by atoms with Gasteiger partial charge in [0.25, 0.3) is 5.91 Å². The molecular weight excluding hydrogens is 476 g/mol. The van der Waals surface area contributed by atoms with Crippen molar-refractivity contribution in [2.75, 3.05) is 0 Å². The Labute approximate surface area is 195 Å². The molecule has 1 aromatic heterocycles. The van der Waals surface area contributed by atoms with E-state index in [0.717, 1.165) is 11.3 Å². The Bertz CT molecular complexity index is 1210. The second-order valence-corrected chi connectivity index (χ2v) is 12.0. The van der Waals surface area contributed by atoms with E-state index in [-0.39, 0.29) is 39.0 Å². The van der Waals surface area contributed by atoms with E-state index >= 15 is 0 Å². The monoisotopic (exact) mass is 503 g/mol. The molecule has 12 heteroatoms. The van der Waals surface area contributed by atoms with Crippen molar-refractivity contribution in [2.24, 2.45) is 9.50 Å². The molecule has 0 spiro atoms. The van der Waals surface area contributed by atoms with Crippen LogP contribution < -0.4 is 14.6 Å². The van der Waals surface area contributed by atoms with E-state index in [2.05, 4.69) is 14.1 Å². The quantitative estimate of drug-likeness (QED) is 0.602. The molecule has 1 aliphatic rings. The number of carbonyl (C=O) groups is 1. The fourth-order valence-corrected chi connectivity index (χ4v) is 5.69. The first kappa shape index (κ1) is 25.5. The summed E-state index contributed by atoms with van der Waals surface area (Å²) in [6.45, 7) is 10.3. The zero-order valence-electron chi connectivity index (χ0n) is 19.1. The normalized spacial score (nSPS) is 16.8. The van der Waals surface area contributed by atoms with Crippen molar-refractivity contribution < 1.29 is 32.4 Å². The fraction of sp³-hybridized carbons (Fsp3) is 0.524. The van der Waals surface area contributed by atoms with Crippen molar-refractivity contribution in [1.82, 2.24) is 4.98 Å². The highest BCUT2D eigenvalue weighted by molar-refractivity contribution is 7.93. The SMILES string of the molecule is CC(C)c1cc2c(c(C(C)C)c1CC(=O)N=[S@@](N)(=O)c1cnc(C(C)(C)O)s1)OC(F)(F)O2. The summed E-state index contributed by atoms with van der Waals surface area (Å²) in [5.74, 6) is -1.41. The summed E-state index contributed by atoms with van der Waals surface area (Å²) in [6, 6.07) is 1.44. The minimum absolute atomic E-state index is 0.0477. The highest BCUT2D eigenvalue weighted by Crippen LogP contribution is 2.49. The van der Waals surface area contributed by atoms with Crippen LogP contribution in [0.1, 0.15) is 75.1 Å². The molecule has 0 aliphatic carbocycles. The van der Waals surface area contributed by atoms with Gasteiger partial charge in [-0.2, -0.15) is 0 Å². The van der Waals surface area contributed by atoms with Crippen LogP contribution in [0.4, 0.5) is 8.78 Å². The summed E-state index contributed by atoms with van der Waals surface area (Å²) in [6.07, 6.45) is -2.89. The maximum absolute atomic E-state index is 13.8. The van der Waals surface area contributed by atoms with Gasteiger partial charge in [-0.25, -0.2) is 14.3 Å². The molecule has 1 amide bonds. The lowest BCUT2D eigenvalue weighted by Gasteiger charge is -2.20. The number of amides is 1. The summed E-state index contributed by atoms with van der Waals surface area (Å²) in [4.78, 5) is 16.9. The lowest BCUT2D eigenvalue weighted by Crippen LogP contribution is -2.26. The number of alkyl halides is 2. The number of hydrogen-bond acceptors (Lipinski definition) is 7. The largest absolute Gasteiger partial charge is 0.586 e. The average molecular weight is 504 g/mol. The van der Waals surface area contributed by atoms with Gasteiger partial charge < -0.3 is 14.6 Å². The van der Waals surface area contributed by atoms with Gasteiger partial charge in [0.15, 0.2) is 21.4 Å². The van der Waals surface area contributed by atoms with Crippen LogP contribution in [-0.2, 0) is 26.7 Å². The zero-order valence-corrected chi connectivity index (χ0v) is 20.8. The first-order chi connectivity index (χ1) is 15.0. The van der Waals surface area contributed by atoms with Gasteiger partial charge in [-0.1, -0.05) is 27.7 Å². The minimum atomic E-state index is -3.80. The molecule has 0 saturated heterocycles. The van der Waals surface area contributed by atoms with Gasteiger partial charge in [0, 0.05) is 5.56 Å². The molecule has 0 saturated carbocycles. The number of nitrogens with zero attached hydrogens (tertiary/aromatic N) is 2. The van der Waals surface area contributed by atoms with Gasteiger partial charge in [-0.3, -0.25) is 4.79 Å². The minimum Gasteiger partial charge on any atom is -0.395 e. The lowest BCUT2D eigenvalue weighted by molar-refractivity contribution is -0.287. The number of hydrogen-bond donors (Lipinski definition) is 2. The molecule has 8 nitrogen and oxygen atoms in total. The molecule has 1 aliphatic heterocycles. The number of nitrogens with two attached hydrogens (primary N) is 1. The maximum Gasteiger partial charge on any atom is 0.586 e. The van der Waals surface area contributed by atoms with Crippen LogP contribution in [0.5, 0.6) is 11.5 Å². The fourth-order valence-electron chi connectivity index (χ4n) is 3.55. The predicted molar refractivity (Wildman–Crippen MR) is 120 cm³/mol. The van der Waals surface area contributed by atoms with Crippen molar-refractivity contribution in [3.63, 3.8) is 0 Å². The van der Waals surface area contributed by atoms with Crippen LogP contribution in [-0.4, -0.2) is 26.5 Å². The van der Waals surface area contributed by atoms with E-state index in [9.17, 15) is 22.9 Å². The van der Waals surface area contributed by atoms with E-state index < -0.39 is 27.7 Å². The molecule has 3 rings (SSSR count).